The molecule has 0 atom stereocenters. The molecule has 0 spiro atoms. The van der Waals surface area contributed by atoms with E-state index in [9.17, 15) is 4.79 Å². The Hall–Kier alpha value is -2.15. The van der Waals surface area contributed by atoms with Crippen LogP contribution in [-0.4, -0.2) is 5.78 Å². The Labute approximate surface area is 108 Å². The first-order valence-electron chi connectivity index (χ1n) is 6.16. The van der Waals surface area contributed by atoms with E-state index in [2.05, 4.69) is 12.1 Å². The van der Waals surface area contributed by atoms with Crippen LogP contribution in [0.15, 0.2) is 72.8 Å². The zero-order valence-corrected chi connectivity index (χ0v) is 10.3. The van der Waals surface area contributed by atoms with Crippen LogP contribution in [0.25, 0.3) is 0 Å². The van der Waals surface area contributed by atoms with Gasteiger partial charge in [-0.05, 0) is 24.5 Å². The molecule has 0 unspecified atom stereocenters. The smallest absolute Gasteiger partial charge is 0.185 e. The molecule has 2 rings (SSSR count). The van der Waals surface area contributed by atoms with Crippen LogP contribution in [-0.2, 0) is 6.42 Å². The lowest BCUT2D eigenvalue weighted by molar-refractivity contribution is 0.104. The summed E-state index contributed by atoms with van der Waals surface area (Å²) in [5, 5.41) is 0. The Morgan fingerprint density at radius 3 is 2.17 bits per heavy atom. The number of aryl methyl sites for hydroxylation is 1. The van der Waals surface area contributed by atoms with E-state index in [-0.39, 0.29) is 5.78 Å². The second-order valence-electron chi connectivity index (χ2n) is 4.16. The summed E-state index contributed by atoms with van der Waals surface area (Å²) in [6.07, 6.45) is 5.47. The topological polar surface area (TPSA) is 17.1 Å². The Kier molecular flexibility index (Phi) is 4.48. The number of hydrogen-bond donors (Lipinski definition) is 0. The Morgan fingerprint density at radius 1 is 0.889 bits per heavy atom. The average Bonchev–Trinajstić information content (AvgIpc) is 2.45. The van der Waals surface area contributed by atoms with Crippen LogP contribution >= 0.6 is 0 Å². The third kappa shape index (κ3) is 3.70. The van der Waals surface area contributed by atoms with Gasteiger partial charge >= 0.3 is 0 Å². The summed E-state index contributed by atoms with van der Waals surface area (Å²) >= 11 is 0. The van der Waals surface area contributed by atoms with Crippen molar-refractivity contribution >= 4 is 5.78 Å². The van der Waals surface area contributed by atoms with E-state index in [1.807, 2.05) is 54.6 Å². The molecular weight excluding hydrogens is 220 g/mol. The summed E-state index contributed by atoms with van der Waals surface area (Å²) in [4.78, 5) is 11.8. The van der Waals surface area contributed by atoms with Gasteiger partial charge < -0.3 is 0 Å². The predicted octanol–water partition coefficient (Wildman–Crippen LogP) is 4.06. The highest BCUT2D eigenvalue weighted by molar-refractivity contribution is 6.04. The summed E-state index contributed by atoms with van der Waals surface area (Å²) < 4.78 is 0. The number of rotatable bonds is 5. The van der Waals surface area contributed by atoms with Crippen molar-refractivity contribution in [3.63, 3.8) is 0 Å². The van der Waals surface area contributed by atoms with E-state index in [1.54, 1.807) is 6.08 Å². The molecule has 0 fully saturated rings. The summed E-state index contributed by atoms with van der Waals surface area (Å²) in [6.45, 7) is 0. The van der Waals surface area contributed by atoms with Gasteiger partial charge in [-0.3, -0.25) is 4.79 Å². The van der Waals surface area contributed by atoms with Crippen molar-refractivity contribution in [3.8, 4) is 0 Å². The van der Waals surface area contributed by atoms with E-state index in [4.69, 9.17) is 0 Å². The first-order valence-corrected chi connectivity index (χ1v) is 6.16. The number of hydrogen-bond acceptors (Lipinski definition) is 1. The van der Waals surface area contributed by atoms with Gasteiger partial charge in [0.15, 0.2) is 5.78 Å². The predicted molar refractivity (Wildman–Crippen MR) is 74.7 cm³/mol. The van der Waals surface area contributed by atoms with Crippen molar-refractivity contribution in [1.82, 2.24) is 0 Å². The lowest BCUT2D eigenvalue weighted by Gasteiger charge is -1.97. The number of allylic oxidation sites excluding steroid dienone is 2. The molecule has 0 aliphatic carbocycles. The van der Waals surface area contributed by atoms with Crippen molar-refractivity contribution in [3.05, 3.63) is 83.9 Å². The maximum absolute atomic E-state index is 11.8. The molecule has 0 aliphatic rings. The van der Waals surface area contributed by atoms with Crippen LogP contribution in [0.1, 0.15) is 22.3 Å². The largest absolute Gasteiger partial charge is 0.289 e. The number of benzene rings is 2. The van der Waals surface area contributed by atoms with Gasteiger partial charge in [-0.25, -0.2) is 0 Å². The standard InChI is InChI=1S/C17H16O/c18-17(16-12-5-2-6-13-16)14-8-7-11-15-9-3-1-4-10-15/h1-6,8-10,12-14H,7,11H2/b14-8-. The third-order valence-electron chi connectivity index (χ3n) is 2.77. The molecule has 1 nitrogen and oxygen atoms in total. The van der Waals surface area contributed by atoms with Crippen LogP contribution in [0.5, 0.6) is 0 Å². The molecule has 1 heteroatoms. The van der Waals surface area contributed by atoms with Gasteiger partial charge in [-0.15, -0.1) is 0 Å². The molecule has 0 N–H and O–H groups in total. The maximum atomic E-state index is 11.8. The Balaban J connectivity index is 1.84. The zero-order valence-electron chi connectivity index (χ0n) is 10.3. The van der Waals surface area contributed by atoms with Gasteiger partial charge in [-0.2, -0.15) is 0 Å². The maximum Gasteiger partial charge on any atom is 0.185 e. The van der Waals surface area contributed by atoms with Crippen molar-refractivity contribution in [2.45, 2.75) is 12.8 Å². The first-order chi connectivity index (χ1) is 8.86. The fourth-order valence-electron chi connectivity index (χ4n) is 1.78. The van der Waals surface area contributed by atoms with Crippen molar-refractivity contribution < 1.29 is 4.79 Å². The second kappa shape index (κ2) is 6.55. The monoisotopic (exact) mass is 236 g/mol. The SMILES string of the molecule is O=C(/C=C\CCc1ccccc1)c1ccccc1. The van der Waals surface area contributed by atoms with E-state index in [0.29, 0.717) is 0 Å². The first kappa shape index (κ1) is 12.3. The molecule has 2 aromatic carbocycles. The van der Waals surface area contributed by atoms with Gasteiger partial charge in [0.1, 0.15) is 0 Å². The summed E-state index contributed by atoms with van der Waals surface area (Å²) in [5.41, 5.74) is 2.04. The van der Waals surface area contributed by atoms with Gasteiger partial charge in [-0.1, -0.05) is 66.7 Å². The van der Waals surface area contributed by atoms with Gasteiger partial charge in [0.05, 0.1) is 0 Å². The average molecular weight is 236 g/mol. The van der Waals surface area contributed by atoms with E-state index < -0.39 is 0 Å². The molecule has 0 saturated carbocycles. The summed E-state index contributed by atoms with van der Waals surface area (Å²) in [7, 11) is 0. The quantitative estimate of drug-likeness (QED) is 0.565. The van der Waals surface area contributed by atoms with Gasteiger partial charge in [0.25, 0.3) is 0 Å². The lowest BCUT2D eigenvalue weighted by atomic mass is 10.1. The molecule has 0 aromatic heterocycles. The fourth-order valence-corrected chi connectivity index (χ4v) is 1.78. The summed E-state index contributed by atoms with van der Waals surface area (Å²) in [6, 6.07) is 19.6. The molecule has 18 heavy (non-hydrogen) atoms. The molecule has 0 amide bonds. The minimum Gasteiger partial charge on any atom is -0.289 e. The number of ketones is 1. The highest BCUT2D eigenvalue weighted by Gasteiger charge is 1.98. The minimum absolute atomic E-state index is 0.0728. The molecule has 0 radical (unpaired) electrons. The fraction of sp³-hybridized carbons (Fsp3) is 0.118. The van der Waals surface area contributed by atoms with Crippen molar-refractivity contribution in [2.75, 3.05) is 0 Å². The van der Waals surface area contributed by atoms with Gasteiger partial charge in [0.2, 0.25) is 0 Å². The van der Waals surface area contributed by atoms with Crippen LogP contribution < -0.4 is 0 Å². The minimum atomic E-state index is 0.0728. The van der Waals surface area contributed by atoms with Crippen LogP contribution in [0.4, 0.5) is 0 Å². The molecule has 0 saturated heterocycles. The Morgan fingerprint density at radius 2 is 1.50 bits per heavy atom. The van der Waals surface area contributed by atoms with Crippen molar-refractivity contribution in [2.24, 2.45) is 0 Å². The third-order valence-corrected chi connectivity index (χ3v) is 2.77. The molecular formula is C17H16O. The van der Waals surface area contributed by atoms with Crippen LogP contribution in [0.3, 0.4) is 0 Å². The highest BCUT2D eigenvalue weighted by atomic mass is 16.1. The van der Waals surface area contributed by atoms with Crippen LogP contribution in [0, 0.1) is 0 Å². The molecule has 0 bridgehead atoms. The highest BCUT2D eigenvalue weighted by Crippen LogP contribution is 2.04. The normalized spacial score (nSPS) is 10.7. The van der Waals surface area contributed by atoms with E-state index in [0.717, 1.165) is 18.4 Å². The lowest BCUT2D eigenvalue weighted by Crippen LogP contribution is -1.93. The molecule has 0 heterocycles. The van der Waals surface area contributed by atoms with Crippen LogP contribution in [0.2, 0.25) is 0 Å². The van der Waals surface area contributed by atoms with Gasteiger partial charge in [0, 0.05) is 5.56 Å². The van der Waals surface area contributed by atoms with E-state index >= 15 is 0 Å². The molecule has 2 aromatic rings. The Bertz CT molecular complexity index is 512. The molecule has 0 aliphatic heterocycles. The summed E-state index contributed by atoms with van der Waals surface area (Å²) in [5.74, 6) is 0.0728. The number of carbonyl (C=O) groups excluding carboxylic acids is 1. The van der Waals surface area contributed by atoms with Crippen molar-refractivity contribution in [1.29, 1.82) is 0 Å². The zero-order chi connectivity index (χ0) is 12.6. The molecule has 90 valence electrons. The second-order valence-corrected chi connectivity index (χ2v) is 4.16. The van der Waals surface area contributed by atoms with E-state index in [1.165, 1.54) is 5.56 Å². The number of carbonyl (C=O) groups is 1.